The molecule has 0 bridgehead atoms. The van der Waals surface area contributed by atoms with Gasteiger partial charge in [0.1, 0.15) is 11.6 Å². The molecule has 0 spiro atoms. The van der Waals surface area contributed by atoms with E-state index in [1.54, 1.807) is 31.7 Å². The molecule has 2 aromatic heterocycles. The van der Waals surface area contributed by atoms with Gasteiger partial charge in [0.25, 0.3) is 0 Å². The first-order valence-electron chi connectivity index (χ1n) is 12.7. The van der Waals surface area contributed by atoms with E-state index in [1.165, 1.54) is 33.3 Å². The largest absolute Gasteiger partial charge is 0.481 e. The zero-order valence-corrected chi connectivity index (χ0v) is 22.1. The molecular weight excluding hydrogens is 507 g/mol. The van der Waals surface area contributed by atoms with Crippen LogP contribution in [-0.4, -0.2) is 47.0 Å². The van der Waals surface area contributed by atoms with Crippen molar-refractivity contribution in [1.29, 1.82) is 0 Å². The number of benzene rings is 1. The monoisotopic (exact) mass is 536 g/mol. The van der Waals surface area contributed by atoms with Gasteiger partial charge in [-0.05, 0) is 36.1 Å². The Morgan fingerprint density at radius 2 is 2.00 bits per heavy atom. The number of halogens is 1. The Morgan fingerprint density at radius 3 is 2.74 bits per heavy atom. The van der Waals surface area contributed by atoms with E-state index in [1.807, 2.05) is 6.07 Å². The van der Waals surface area contributed by atoms with Gasteiger partial charge in [0.05, 0.1) is 18.5 Å². The maximum atomic E-state index is 14.4. The molecule has 5 rings (SSSR count). The molecule has 0 saturated heterocycles. The van der Waals surface area contributed by atoms with Crippen LogP contribution in [0.2, 0.25) is 0 Å². The Morgan fingerprint density at radius 1 is 1.24 bits per heavy atom. The molecule has 1 N–H and O–H groups in total. The molecule has 3 aromatic rings. The number of carbonyl (C=O) groups is 3. The number of amides is 2. The van der Waals surface area contributed by atoms with E-state index in [0.717, 1.165) is 36.8 Å². The second-order valence-electron chi connectivity index (χ2n) is 10.1. The highest BCUT2D eigenvalue weighted by atomic mass is 32.1. The van der Waals surface area contributed by atoms with Crippen molar-refractivity contribution < 1.29 is 23.9 Å². The van der Waals surface area contributed by atoms with Crippen molar-refractivity contribution in [3.05, 3.63) is 47.2 Å². The highest BCUT2D eigenvalue weighted by Crippen LogP contribution is 2.38. The molecule has 1 unspecified atom stereocenters. The van der Waals surface area contributed by atoms with Crippen LogP contribution in [-0.2, 0) is 20.8 Å². The third-order valence-electron chi connectivity index (χ3n) is 7.52. The topological polar surface area (TPSA) is 104 Å². The summed E-state index contributed by atoms with van der Waals surface area (Å²) in [5, 5.41) is 11.6. The zero-order chi connectivity index (χ0) is 27.0. The van der Waals surface area contributed by atoms with Crippen molar-refractivity contribution in [3.8, 4) is 22.4 Å². The highest BCUT2D eigenvalue weighted by Gasteiger charge is 2.31. The van der Waals surface area contributed by atoms with E-state index < -0.39 is 17.7 Å². The maximum Gasteiger partial charge on any atom is 0.304 e. The number of hydrogen-bond acceptors (Lipinski definition) is 6. The second-order valence-corrected chi connectivity index (χ2v) is 11.0. The lowest BCUT2D eigenvalue weighted by Gasteiger charge is -2.23. The molecule has 1 saturated carbocycles. The summed E-state index contributed by atoms with van der Waals surface area (Å²) in [6.45, 7) is 0. The molecule has 198 valence electrons. The van der Waals surface area contributed by atoms with Crippen LogP contribution in [0, 0.1) is 17.7 Å². The predicted octanol–water partition coefficient (Wildman–Crippen LogP) is 5.16. The first kappa shape index (κ1) is 26.0. The fraction of sp³-hybridized carbons (Fsp3) is 0.393. The molecule has 1 aromatic carbocycles. The molecule has 38 heavy (non-hydrogen) atoms. The van der Waals surface area contributed by atoms with Gasteiger partial charge in [0.2, 0.25) is 11.8 Å². The summed E-state index contributed by atoms with van der Waals surface area (Å²) in [7, 11) is 3.30. The summed E-state index contributed by atoms with van der Waals surface area (Å²) in [5.41, 5.74) is 3.29. The summed E-state index contributed by atoms with van der Waals surface area (Å²) >= 11 is 1.25. The van der Waals surface area contributed by atoms with Crippen LogP contribution in [0.15, 0.2) is 35.8 Å². The quantitative estimate of drug-likeness (QED) is 0.426. The lowest BCUT2D eigenvalue weighted by molar-refractivity contribution is -0.140. The molecule has 0 radical (unpaired) electrons. The number of fused-ring (bicyclic) bond motifs is 1. The van der Waals surface area contributed by atoms with Crippen molar-refractivity contribution in [2.45, 2.75) is 44.9 Å². The minimum Gasteiger partial charge on any atom is -0.481 e. The van der Waals surface area contributed by atoms with E-state index in [0.29, 0.717) is 40.1 Å². The number of carboxylic acid groups (broad SMARTS) is 1. The molecule has 3 heterocycles. The third-order valence-corrected chi connectivity index (χ3v) is 8.43. The molecule has 1 atom stereocenters. The Labute approximate surface area is 224 Å². The van der Waals surface area contributed by atoms with Gasteiger partial charge in [-0.1, -0.05) is 31.7 Å². The van der Waals surface area contributed by atoms with Gasteiger partial charge in [-0.25, -0.2) is 14.4 Å². The lowest BCUT2D eigenvalue weighted by Crippen LogP contribution is -2.35. The van der Waals surface area contributed by atoms with Crippen molar-refractivity contribution in [1.82, 2.24) is 9.97 Å². The summed E-state index contributed by atoms with van der Waals surface area (Å²) in [5.74, 6) is -1.34. The number of aromatic nitrogens is 2. The van der Waals surface area contributed by atoms with Crippen molar-refractivity contribution >= 4 is 40.1 Å². The van der Waals surface area contributed by atoms with E-state index in [9.17, 15) is 23.9 Å². The normalized spacial score (nSPS) is 16.1. The van der Waals surface area contributed by atoms with Gasteiger partial charge in [-0.3, -0.25) is 24.2 Å². The maximum absolute atomic E-state index is 14.4. The molecule has 1 fully saturated rings. The molecule has 8 nitrogen and oxygen atoms in total. The molecule has 2 aliphatic rings. The van der Waals surface area contributed by atoms with Crippen LogP contribution in [0.25, 0.3) is 22.4 Å². The number of anilines is 2. The van der Waals surface area contributed by atoms with Crippen molar-refractivity contribution in [2.75, 3.05) is 23.9 Å². The molecular formula is C28H29FN4O4S. The standard InChI is InChI=1S/C28H29FN4O4S/c1-32-24(34)11-17-10-19(14-30-26(17)32)21-8-7-20(29)13-22(21)23-15-38-28(31-23)33(2)27(37)18(12-25(35)36)9-16-5-3-4-6-16/h7-8,10,13-16,18H,3-6,9,11-12H2,1-2H3,(H,35,36). The number of carbonyl (C=O) groups excluding carboxylic acids is 2. The molecule has 1 aliphatic carbocycles. The first-order chi connectivity index (χ1) is 18.2. The minimum atomic E-state index is -0.991. The highest BCUT2D eigenvalue weighted by molar-refractivity contribution is 7.14. The Balaban J connectivity index is 1.42. The van der Waals surface area contributed by atoms with Gasteiger partial charge >= 0.3 is 5.97 Å². The van der Waals surface area contributed by atoms with E-state index in [2.05, 4.69) is 9.97 Å². The number of carboxylic acids is 1. The van der Waals surface area contributed by atoms with Crippen LogP contribution in [0.4, 0.5) is 15.3 Å². The summed E-state index contributed by atoms with van der Waals surface area (Å²) in [6, 6.07) is 6.31. The molecule has 2 amide bonds. The third kappa shape index (κ3) is 5.18. The smallest absolute Gasteiger partial charge is 0.304 e. The van der Waals surface area contributed by atoms with Crippen molar-refractivity contribution in [2.24, 2.45) is 11.8 Å². The van der Waals surface area contributed by atoms with E-state index in [-0.39, 0.29) is 24.7 Å². The van der Waals surface area contributed by atoms with Crippen LogP contribution in [0.1, 0.15) is 44.1 Å². The summed E-state index contributed by atoms with van der Waals surface area (Å²) in [6.07, 6.45) is 6.56. The Kier molecular flexibility index (Phi) is 7.25. The summed E-state index contributed by atoms with van der Waals surface area (Å²) < 4.78 is 14.4. The number of nitrogens with zero attached hydrogens (tertiary/aromatic N) is 4. The second kappa shape index (κ2) is 10.6. The van der Waals surface area contributed by atoms with Crippen LogP contribution < -0.4 is 9.80 Å². The number of thiazole rings is 1. The average Bonchev–Trinajstić information content (AvgIpc) is 3.64. The van der Waals surface area contributed by atoms with Gasteiger partial charge < -0.3 is 5.11 Å². The SMILES string of the molecule is CN(C(=O)C(CC(=O)O)CC1CCCC1)c1nc(-c2cc(F)ccc2-c2cnc3c(c2)CC(=O)N3C)cs1. The predicted molar refractivity (Wildman–Crippen MR) is 144 cm³/mol. The first-order valence-corrected chi connectivity index (χ1v) is 13.6. The van der Waals surface area contributed by atoms with Crippen LogP contribution >= 0.6 is 11.3 Å². The average molecular weight is 537 g/mol. The fourth-order valence-electron chi connectivity index (χ4n) is 5.50. The van der Waals surface area contributed by atoms with Gasteiger partial charge in [-0.2, -0.15) is 0 Å². The van der Waals surface area contributed by atoms with E-state index >= 15 is 0 Å². The van der Waals surface area contributed by atoms with Crippen molar-refractivity contribution in [3.63, 3.8) is 0 Å². The number of aliphatic carboxylic acids is 1. The zero-order valence-electron chi connectivity index (χ0n) is 21.3. The van der Waals surface area contributed by atoms with E-state index in [4.69, 9.17) is 0 Å². The number of likely N-dealkylation sites (N-methyl/N-ethyl adjacent to an activating group) is 1. The number of pyridine rings is 1. The fourth-order valence-corrected chi connectivity index (χ4v) is 6.30. The minimum absolute atomic E-state index is 0.0324. The molecule has 1 aliphatic heterocycles. The lowest BCUT2D eigenvalue weighted by atomic mass is 9.90. The molecule has 10 heteroatoms. The van der Waals surface area contributed by atoms with Crippen LogP contribution in [0.3, 0.4) is 0 Å². The van der Waals surface area contributed by atoms with Gasteiger partial charge in [-0.15, -0.1) is 11.3 Å². The van der Waals surface area contributed by atoms with Crippen LogP contribution in [0.5, 0.6) is 0 Å². The summed E-state index contributed by atoms with van der Waals surface area (Å²) in [4.78, 5) is 49.0. The number of hydrogen-bond donors (Lipinski definition) is 1. The Bertz CT molecular complexity index is 1400. The Hall–Kier alpha value is -3.66. The van der Waals surface area contributed by atoms with Gasteiger partial charge in [0, 0.05) is 48.3 Å². The number of rotatable bonds is 8. The van der Waals surface area contributed by atoms with Gasteiger partial charge in [0.15, 0.2) is 5.13 Å².